The van der Waals surface area contributed by atoms with Gasteiger partial charge in [0, 0.05) is 12.1 Å². The fraction of sp³-hybridized carbons (Fsp3) is 0.636. The van der Waals surface area contributed by atoms with Crippen LogP contribution >= 0.6 is 11.8 Å². The van der Waals surface area contributed by atoms with Gasteiger partial charge in [-0.1, -0.05) is 20.8 Å². The Morgan fingerprint density at radius 3 is 2.67 bits per heavy atom. The highest BCUT2D eigenvalue weighted by Gasteiger charge is 2.13. The molecule has 1 aromatic heterocycles. The van der Waals surface area contributed by atoms with Crippen molar-refractivity contribution in [1.29, 1.82) is 0 Å². The number of aromatic nitrogens is 2. The maximum atomic E-state index is 4.31. The van der Waals surface area contributed by atoms with Gasteiger partial charge < -0.3 is 5.32 Å². The largest absolute Gasteiger partial charge is 0.370 e. The maximum absolute atomic E-state index is 4.31. The first-order valence-corrected chi connectivity index (χ1v) is 6.55. The van der Waals surface area contributed by atoms with Gasteiger partial charge in [-0.3, -0.25) is 0 Å². The van der Waals surface area contributed by atoms with Gasteiger partial charge in [0.2, 0.25) is 0 Å². The molecule has 1 aromatic rings. The number of nitrogens with zero attached hydrogens (tertiary/aromatic N) is 2. The Hall–Kier alpha value is -0.770. The molecule has 0 aliphatic carbocycles. The van der Waals surface area contributed by atoms with Crippen molar-refractivity contribution in [2.75, 3.05) is 18.1 Å². The lowest BCUT2D eigenvalue weighted by molar-refractivity contribution is 0.800. The molecule has 15 heavy (non-hydrogen) atoms. The summed E-state index contributed by atoms with van der Waals surface area (Å²) in [5.41, 5.74) is 1.23. The average Bonchev–Trinajstić information content (AvgIpc) is 2.25. The van der Waals surface area contributed by atoms with Gasteiger partial charge in [0.05, 0.1) is 0 Å². The Kier molecular flexibility index (Phi) is 4.88. The van der Waals surface area contributed by atoms with Gasteiger partial charge >= 0.3 is 0 Å². The molecule has 4 heteroatoms. The summed E-state index contributed by atoms with van der Waals surface area (Å²) in [6, 6.07) is 0. The molecule has 0 radical (unpaired) electrons. The highest BCUT2D eigenvalue weighted by Crippen LogP contribution is 2.29. The molecule has 0 aromatic carbocycles. The molecule has 0 saturated heterocycles. The molecule has 1 rings (SSSR count). The lowest BCUT2D eigenvalue weighted by atomic mass is 10.1. The molecule has 1 heterocycles. The van der Waals surface area contributed by atoms with E-state index in [2.05, 4.69) is 42.3 Å². The third kappa shape index (κ3) is 3.09. The van der Waals surface area contributed by atoms with Crippen LogP contribution in [0.5, 0.6) is 0 Å². The summed E-state index contributed by atoms with van der Waals surface area (Å²) in [5.74, 6) is 1.44. The second kappa shape index (κ2) is 5.95. The third-order valence-electron chi connectivity index (χ3n) is 2.16. The topological polar surface area (TPSA) is 37.8 Å². The predicted molar refractivity (Wildman–Crippen MR) is 66.7 cm³/mol. The summed E-state index contributed by atoms with van der Waals surface area (Å²) in [6.45, 7) is 7.47. The fourth-order valence-corrected chi connectivity index (χ4v) is 2.15. The number of thioether (sulfide) groups is 1. The van der Waals surface area contributed by atoms with Crippen LogP contribution in [0.2, 0.25) is 0 Å². The van der Waals surface area contributed by atoms with Crippen LogP contribution in [0.3, 0.4) is 0 Å². The van der Waals surface area contributed by atoms with E-state index < -0.39 is 0 Å². The standard InChI is InChI=1S/C11H19N3S/c1-5-6-12-10-9(8(2)3)11(15-4)14-7-13-10/h7-8H,5-6H2,1-4H3,(H,12,13,14). The number of anilines is 1. The monoisotopic (exact) mass is 225 g/mol. The van der Waals surface area contributed by atoms with Crippen molar-refractivity contribution in [1.82, 2.24) is 9.97 Å². The Bertz CT molecular complexity index is 313. The zero-order chi connectivity index (χ0) is 11.3. The molecule has 0 aliphatic rings. The van der Waals surface area contributed by atoms with E-state index >= 15 is 0 Å². The zero-order valence-corrected chi connectivity index (χ0v) is 10.7. The second-order valence-corrected chi connectivity index (χ2v) is 4.52. The van der Waals surface area contributed by atoms with Gasteiger partial charge in [-0.15, -0.1) is 11.8 Å². The molecular formula is C11H19N3S. The first-order valence-electron chi connectivity index (χ1n) is 5.33. The molecule has 0 amide bonds. The molecule has 0 aliphatic heterocycles. The van der Waals surface area contributed by atoms with Crippen LogP contribution < -0.4 is 5.32 Å². The third-order valence-corrected chi connectivity index (χ3v) is 2.87. The van der Waals surface area contributed by atoms with E-state index in [1.807, 2.05) is 0 Å². The molecule has 1 N–H and O–H groups in total. The first-order chi connectivity index (χ1) is 7.20. The molecule has 0 fully saturated rings. The van der Waals surface area contributed by atoms with E-state index in [0.717, 1.165) is 23.8 Å². The summed E-state index contributed by atoms with van der Waals surface area (Å²) >= 11 is 1.68. The molecule has 0 atom stereocenters. The number of rotatable bonds is 5. The van der Waals surface area contributed by atoms with Gasteiger partial charge in [0.25, 0.3) is 0 Å². The molecule has 0 unspecified atom stereocenters. The maximum Gasteiger partial charge on any atom is 0.133 e. The smallest absolute Gasteiger partial charge is 0.133 e. The van der Waals surface area contributed by atoms with E-state index in [-0.39, 0.29) is 0 Å². The van der Waals surface area contributed by atoms with E-state index in [0.29, 0.717) is 5.92 Å². The normalized spacial score (nSPS) is 10.7. The molecule has 0 bridgehead atoms. The minimum absolute atomic E-state index is 0.452. The van der Waals surface area contributed by atoms with Crippen molar-refractivity contribution in [3.05, 3.63) is 11.9 Å². The van der Waals surface area contributed by atoms with E-state index in [4.69, 9.17) is 0 Å². The molecule has 84 valence electrons. The molecule has 0 spiro atoms. The highest BCUT2D eigenvalue weighted by molar-refractivity contribution is 7.98. The number of nitrogens with one attached hydrogen (secondary N) is 1. The Morgan fingerprint density at radius 2 is 2.13 bits per heavy atom. The SMILES string of the molecule is CCCNc1ncnc(SC)c1C(C)C. The van der Waals surface area contributed by atoms with Crippen molar-refractivity contribution in [3.8, 4) is 0 Å². The fourth-order valence-electron chi connectivity index (χ4n) is 1.45. The van der Waals surface area contributed by atoms with Gasteiger partial charge in [0.15, 0.2) is 0 Å². The van der Waals surface area contributed by atoms with Crippen LogP contribution in [0, 0.1) is 0 Å². The quantitative estimate of drug-likeness (QED) is 0.617. The highest BCUT2D eigenvalue weighted by atomic mass is 32.2. The van der Waals surface area contributed by atoms with Crippen molar-refractivity contribution < 1.29 is 0 Å². The summed E-state index contributed by atoms with van der Waals surface area (Å²) in [5, 5.41) is 4.44. The number of hydrogen-bond acceptors (Lipinski definition) is 4. The van der Waals surface area contributed by atoms with Gasteiger partial charge in [-0.2, -0.15) is 0 Å². The van der Waals surface area contributed by atoms with Crippen molar-refractivity contribution in [2.45, 2.75) is 38.1 Å². The second-order valence-electron chi connectivity index (χ2n) is 3.73. The molecule has 3 nitrogen and oxygen atoms in total. The lowest BCUT2D eigenvalue weighted by Gasteiger charge is -2.15. The van der Waals surface area contributed by atoms with E-state index in [1.165, 1.54) is 5.56 Å². The van der Waals surface area contributed by atoms with Crippen LogP contribution in [-0.2, 0) is 0 Å². The van der Waals surface area contributed by atoms with Crippen LogP contribution in [0.15, 0.2) is 11.4 Å². The first kappa shape index (κ1) is 12.3. The minimum atomic E-state index is 0.452. The van der Waals surface area contributed by atoms with Crippen LogP contribution in [0.25, 0.3) is 0 Å². The zero-order valence-electron chi connectivity index (χ0n) is 9.87. The Labute approximate surface area is 96.1 Å². The van der Waals surface area contributed by atoms with Crippen molar-refractivity contribution in [2.24, 2.45) is 0 Å². The van der Waals surface area contributed by atoms with Crippen molar-refractivity contribution in [3.63, 3.8) is 0 Å². The lowest BCUT2D eigenvalue weighted by Crippen LogP contribution is -2.08. The van der Waals surface area contributed by atoms with Crippen molar-refractivity contribution >= 4 is 17.6 Å². The minimum Gasteiger partial charge on any atom is -0.370 e. The summed E-state index contributed by atoms with van der Waals surface area (Å²) in [6.07, 6.45) is 4.80. The predicted octanol–water partition coefficient (Wildman–Crippen LogP) is 3.14. The summed E-state index contributed by atoms with van der Waals surface area (Å²) < 4.78 is 0. The average molecular weight is 225 g/mol. The van der Waals surface area contributed by atoms with E-state index in [1.54, 1.807) is 18.1 Å². The summed E-state index contributed by atoms with van der Waals surface area (Å²) in [7, 11) is 0. The number of hydrogen-bond donors (Lipinski definition) is 1. The molecule has 0 saturated carbocycles. The summed E-state index contributed by atoms with van der Waals surface area (Å²) in [4.78, 5) is 8.61. The van der Waals surface area contributed by atoms with Crippen LogP contribution in [0.4, 0.5) is 5.82 Å². The van der Waals surface area contributed by atoms with Gasteiger partial charge in [-0.25, -0.2) is 9.97 Å². The van der Waals surface area contributed by atoms with Gasteiger partial charge in [-0.05, 0) is 18.6 Å². The van der Waals surface area contributed by atoms with Crippen LogP contribution in [-0.4, -0.2) is 22.8 Å². The molecular weight excluding hydrogens is 206 g/mol. The van der Waals surface area contributed by atoms with Gasteiger partial charge in [0.1, 0.15) is 17.2 Å². The van der Waals surface area contributed by atoms with E-state index in [9.17, 15) is 0 Å². The Balaban J connectivity index is 3.02. The Morgan fingerprint density at radius 1 is 1.40 bits per heavy atom. The van der Waals surface area contributed by atoms with Crippen LogP contribution in [0.1, 0.15) is 38.7 Å².